The third-order valence-electron chi connectivity index (χ3n) is 8.68. The Morgan fingerprint density at radius 1 is 1.05 bits per heavy atom. The minimum atomic E-state index is -0.479. The fourth-order valence-corrected chi connectivity index (χ4v) is 6.89. The van der Waals surface area contributed by atoms with Crippen molar-refractivity contribution in [1.29, 1.82) is 0 Å². The second-order valence-corrected chi connectivity index (χ2v) is 11.4. The zero-order valence-electron chi connectivity index (χ0n) is 22.3. The predicted molar refractivity (Wildman–Crippen MR) is 148 cm³/mol. The van der Waals surface area contributed by atoms with Gasteiger partial charge >= 0.3 is 0 Å². The summed E-state index contributed by atoms with van der Waals surface area (Å²) in [6, 6.07) is 10.8. The molecule has 0 spiro atoms. The molecule has 3 aliphatic rings. The van der Waals surface area contributed by atoms with E-state index in [1.807, 2.05) is 46.2 Å². The summed E-state index contributed by atoms with van der Waals surface area (Å²) in [5, 5.41) is 5.67. The van der Waals surface area contributed by atoms with Crippen LogP contribution in [0.15, 0.2) is 40.9 Å². The minimum Gasteiger partial charge on any atom is -0.487 e. The lowest BCUT2D eigenvalue weighted by molar-refractivity contribution is -0.146. The number of rotatable bonds is 7. The Balaban J connectivity index is 1.36. The van der Waals surface area contributed by atoms with Gasteiger partial charge < -0.3 is 24.8 Å². The monoisotopic (exact) mass is 564 g/mol. The highest BCUT2D eigenvalue weighted by atomic mass is 35.5. The molecule has 1 saturated carbocycles. The van der Waals surface area contributed by atoms with Crippen LogP contribution in [0.1, 0.15) is 61.4 Å². The van der Waals surface area contributed by atoms with E-state index in [1.54, 1.807) is 0 Å². The first-order valence-corrected chi connectivity index (χ1v) is 14.4. The maximum atomic E-state index is 14.1. The van der Waals surface area contributed by atoms with Gasteiger partial charge in [-0.05, 0) is 55.5 Å². The third kappa shape index (κ3) is 4.91. The normalized spacial score (nSPS) is 22.9. The van der Waals surface area contributed by atoms with Gasteiger partial charge in [0.1, 0.15) is 18.1 Å². The average Bonchev–Trinajstić information content (AvgIpc) is 3.58. The molecule has 3 atom stereocenters. The minimum absolute atomic E-state index is 0.0748. The summed E-state index contributed by atoms with van der Waals surface area (Å²) in [6.45, 7) is 1.59. The molecular formula is C30H33ClN4O5. The quantitative estimate of drug-likeness (QED) is 0.454. The van der Waals surface area contributed by atoms with Gasteiger partial charge in [0, 0.05) is 53.9 Å². The van der Waals surface area contributed by atoms with Crippen LogP contribution in [0.25, 0.3) is 11.0 Å². The molecule has 1 aromatic heterocycles. The molecule has 0 radical (unpaired) electrons. The molecule has 2 N–H and O–H groups in total. The number of hydrogen-bond donors (Lipinski definition) is 1. The number of benzene rings is 2. The number of fused-ring (bicyclic) bond motifs is 2. The summed E-state index contributed by atoms with van der Waals surface area (Å²) in [6.07, 6.45) is 4.85. The van der Waals surface area contributed by atoms with E-state index in [9.17, 15) is 14.4 Å². The molecule has 2 fully saturated rings. The Hall–Kier alpha value is -3.59. The molecule has 3 amide bonds. The van der Waals surface area contributed by atoms with E-state index in [4.69, 9.17) is 26.6 Å². The molecule has 3 aromatic rings. The van der Waals surface area contributed by atoms with Crippen molar-refractivity contribution in [2.24, 2.45) is 17.6 Å². The standard InChI is InChI=1S/C30H33ClN4O5/c31-22-11-12-26(39-17-23-21-8-3-4-9-25(21)40-33-23)28-20(22)13-15-35(24(28)16-34-14-5-10-27(34)36)30(38)19-7-2-1-6-18(19)29(32)37/h3-4,8-9,11-12,18-19,24H,1-2,5-7,10,13-17H2,(H2,32,37)/t18-,19?,24-/m1/s1. The van der Waals surface area contributed by atoms with Gasteiger partial charge in [-0.3, -0.25) is 14.4 Å². The van der Waals surface area contributed by atoms with Gasteiger partial charge in [0.2, 0.25) is 17.7 Å². The van der Waals surface area contributed by atoms with Crippen molar-refractivity contribution in [3.63, 3.8) is 0 Å². The van der Waals surface area contributed by atoms with Crippen LogP contribution in [0, 0.1) is 11.8 Å². The van der Waals surface area contributed by atoms with Crippen LogP contribution >= 0.6 is 11.6 Å². The topological polar surface area (TPSA) is 119 Å². The zero-order valence-corrected chi connectivity index (χ0v) is 23.1. The highest BCUT2D eigenvalue weighted by Gasteiger charge is 2.43. The van der Waals surface area contributed by atoms with Crippen molar-refractivity contribution >= 4 is 40.3 Å². The van der Waals surface area contributed by atoms with Gasteiger partial charge in [0.05, 0.1) is 6.04 Å². The van der Waals surface area contributed by atoms with Crippen LogP contribution in [0.5, 0.6) is 5.75 Å². The molecule has 2 aromatic carbocycles. The molecule has 1 unspecified atom stereocenters. The van der Waals surface area contributed by atoms with Crippen LogP contribution in [-0.4, -0.2) is 52.3 Å². The van der Waals surface area contributed by atoms with Crippen LogP contribution < -0.4 is 10.5 Å². The number of primary amides is 1. The molecular weight excluding hydrogens is 532 g/mol. The lowest BCUT2D eigenvalue weighted by atomic mass is 9.77. The van der Waals surface area contributed by atoms with Crippen LogP contribution in [-0.2, 0) is 27.4 Å². The Morgan fingerprint density at radius 2 is 1.85 bits per heavy atom. The molecule has 210 valence electrons. The number of nitrogens with two attached hydrogens (primary N) is 1. The van der Waals surface area contributed by atoms with E-state index in [2.05, 4.69) is 5.16 Å². The van der Waals surface area contributed by atoms with Crippen molar-refractivity contribution in [3.8, 4) is 5.75 Å². The second kappa shape index (κ2) is 11.1. The van der Waals surface area contributed by atoms with Gasteiger partial charge in [-0.1, -0.05) is 41.7 Å². The first-order chi connectivity index (χ1) is 19.4. The Kier molecular flexibility index (Phi) is 7.40. The molecule has 40 heavy (non-hydrogen) atoms. The summed E-state index contributed by atoms with van der Waals surface area (Å²) in [7, 11) is 0. The largest absolute Gasteiger partial charge is 0.487 e. The molecule has 3 heterocycles. The number of carbonyl (C=O) groups is 3. The van der Waals surface area contributed by atoms with Gasteiger partial charge in [-0.25, -0.2) is 0 Å². The van der Waals surface area contributed by atoms with Gasteiger partial charge in [-0.15, -0.1) is 0 Å². The number of halogens is 1. The van der Waals surface area contributed by atoms with Gasteiger partial charge in [-0.2, -0.15) is 0 Å². The number of hydrogen-bond acceptors (Lipinski definition) is 6. The van der Waals surface area contributed by atoms with Crippen molar-refractivity contribution in [2.45, 2.75) is 57.6 Å². The second-order valence-electron chi connectivity index (χ2n) is 11.0. The predicted octanol–water partition coefficient (Wildman–Crippen LogP) is 4.40. The summed E-state index contributed by atoms with van der Waals surface area (Å²) >= 11 is 6.72. The van der Waals surface area contributed by atoms with Crippen molar-refractivity contribution in [2.75, 3.05) is 19.6 Å². The van der Waals surface area contributed by atoms with Crippen LogP contribution in [0.4, 0.5) is 0 Å². The number of likely N-dealkylation sites (tertiary alicyclic amines) is 1. The summed E-state index contributed by atoms with van der Waals surface area (Å²) < 4.78 is 11.8. The van der Waals surface area contributed by atoms with E-state index < -0.39 is 23.8 Å². The molecule has 1 saturated heterocycles. The number of para-hydroxylation sites is 1. The lowest BCUT2D eigenvalue weighted by Gasteiger charge is -2.43. The molecule has 10 heteroatoms. The number of nitrogens with zero attached hydrogens (tertiary/aromatic N) is 3. The maximum absolute atomic E-state index is 14.1. The van der Waals surface area contributed by atoms with Crippen molar-refractivity contribution in [1.82, 2.24) is 15.0 Å². The van der Waals surface area contributed by atoms with Crippen LogP contribution in [0.2, 0.25) is 5.02 Å². The van der Waals surface area contributed by atoms with Crippen molar-refractivity contribution in [3.05, 3.63) is 58.2 Å². The maximum Gasteiger partial charge on any atom is 0.227 e. The van der Waals surface area contributed by atoms with E-state index in [0.29, 0.717) is 67.4 Å². The number of aromatic nitrogens is 1. The van der Waals surface area contributed by atoms with E-state index >= 15 is 0 Å². The molecule has 6 rings (SSSR count). The Bertz CT molecular complexity index is 1460. The van der Waals surface area contributed by atoms with E-state index in [-0.39, 0.29) is 18.4 Å². The average molecular weight is 565 g/mol. The number of ether oxygens (including phenoxy) is 1. The highest BCUT2D eigenvalue weighted by molar-refractivity contribution is 6.31. The van der Waals surface area contributed by atoms with E-state index in [0.717, 1.165) is 35.8 Å². The van der Waals surface area contributed by atoms with Crippen LogP contribution in [0.3, 0.4) is 0 Å². The highest BCUT2D eigenvalue weighted by Crippen LogP contribution is 2.43. The lowest BCUT2D eigenvalue weighted by Crippen LogP contribution is -2.50. The summed E-state index contributed by atoms with van der Waals surface area (Å²) in [5.41, 5.74) is 8.82. The number of carbonyl (C=O) groups excluding carboxylic acids is 3. The zero-order chi connectivity index (χ0) is 27.8. The third-order valence-corrected chi connectivity index (χ3v) is 9.04. The fourth-order valence-electron chi connectivity index (χ4n) is 6.63. The molecule has 9 nitrogen and oxygen atoms in total. The first-order valence-electron chi connectivity index (χ1n) is 14.1. The van der Waals surface area contributed by atoms with Crippen molar-refractivity contribution < 1.29 is 23.6 Å². The Morgan fingerprint density at radius 3 is 2.62 bits per heavy atom. The summed E-state index contributed by atoms with van der Waals surface area (Å²) in [5.74, 6) is -0.781. The Labute approximate surface area is 237 Å². The first kappa shape index (κ1) is 26.6. The number of amides is 3. The molecule has 2 aliphatic heterocycles. The SMILES string of the molecule is NC(=O)[C@@H]1CCCCC1C(=O)N1CCc2c(Cl)ccc(OCc3noc4ccccc34)c2[C@H]1CN1CCCC1=O. The fraction of sp³-hybridized carbons (Fsp3) is 0.467. The van der Waals surface area contributed by atoms with Gasteiger partial charge in [0.25, 0.3) is 0 Å². The van der Waals surface area contributed by atoms with E-state index in [1.165, 1.54) is 0 Å². The molecule has 1 aliphatic carbocycles. The summed E-state index contributed by atoms with van der Waals surface area (Å²) in [4.78, 5) is 42.8. The van der Waals surface area contributed by atoms with Gasteiger partial charge in [0.15, 0.2) is 5.58 Å². The molecule has 0 bridgehead atoms. The smallest absolute Gasteiger partial charge is 0.227 e.